The second kappa shape index (κ2) is 4.68. The maximum Gasteiger partial charge on any atom is 0.222 e. The molecular formula is C14H13ClN4O. The van der Waals surface area contributed by atoms with Crippen LogP contribution in [-0.4, -0.2) is 19.6 Å². The van der Waals surface area contributed by atoms with Gasteiger partial charge in [-0.3, -0.25) is 0 Å². The van der Waals surface area contributed by atoms with Crippen LogP contribution in [0.15, 0.2) is 30.5 Å². The largest absolute Gasteiger partial charge is 0.508 e. The number of aromatic hydroxyl groups is 1. The Hall–Kier alpha value is -2.27. The van der Waals surface area contributed by atoms with Gasteiger partial charge in [0.1, 0.15) is 11.3 Å². The van der Waals surface area contributed by atoms with Crippen LogP contribution in [0.5, 0.6) is 5.75 Å². The van der Waals surface area contributed by atoms with Gasteiger partial charge >= 0.3 is 0 Å². The van der Waals surface area contributed by atoms with Crippen LogP contribution in [0.4, 0.5) is 5.95 Å². The summed E-state index contributed by atoms with van der Waals surface area (Å²) in [6, 6.07) is 7.31. The van der Waals surface area contributed by atoms with Gasteiger partial charge in [-0.05, 0) is 19.1 Å². The molecule has 0 saturated heterocycles. The molecule has 0 aliphatic carbocycles. The maximum absolute atomic E-state index is 9.92. The zero-order valence-corrected chi connectivity index (χ0v) is 11.6. The molecule has 6 heteroatoms. The van der Waals surface area contributed by atoms with Gasteiger partial charge in [-0.2, -0.15) is 4.98 Å². The third-order valence-electron chi connectivity index (χ3n) is 3.16. The summed E-state index contributed by atoms with van der Waals surface area (Å²) in [5, 5.41) is 10.2. The lowest BCUT2D eigenvalue weighted by atomic mass is 10.1. The number of fused-ring (bicyclic) bond motifs is 1. The van der Waals surface area contributed by atoms with E-state index >= 15 is 0 Å². The first kappa shape index (κ1) is 12.7. The first-order valence-corrected chi connectivity index (χ1v) is 6.49. The van der Waals surface area contributed by atoms with Crippen LogP contribution in [0.1, 0.15) is 11.1 Å². The molecule has 0 amide bonds. The molecule has 3 rings (SSSR count). The minimum absolute atomic E-state index is 0.152. The van der Waals surface area contributed by atoms with Gasteiger partial charge in [-0.25, -0.2) is 4.98 Å². The first-order chi connectivity index (χ1) is 9.54. The van der Waals surface area contributed by atoms with Crippen molar-refractivity contribution in [3.63, 3.8) is 0 Å². The van der Waals surface area contributed by atoms with Gasteiger partial charge in [0, 0.05) is 11.8 Å². The number of benzene rings is 1. The molecule has 2 heterocycles. The molecule has 0 bridgehead atoms. The summed E-state index contributed by atoms with van der Waals surface area (Å²) in [6.45, 7) is 2.47. The molecular weight excluding hydrogens is 276 g/mol. The molecule has 0 unspecified atom stereocenters. The van der Waals surface area contributed by atoms with Crippen molar-refractivity contribution in [1.29, 1.82) is 0 Å². The van der Waals surface area contributed by atoms with Crippen LogP contribution >= 0.6 is 11.6 Å². The second-order valence-electron chi connectivity index (χ2n) is 4.68. The van der Waals surface area contributed by atoms with Gasteiger partial charge in [0.2, 0.25) is 5.95 Å². The van der Waals surface area contributed by atoms with Crippen LogP contribution in [0, 0.1) is 6.92 Å². The number of nitrogen functional groups attached to an aromatic ring is 1. The summed E-state index contributed by atoms with van der Waals surface area (Å²) in [6.07, 6.45) is 1.85. The number of nitrogens with two attached hydrogens (primary N) is 1. The third kappa shape index (κ3) is 2.16. The third-order valence-corrected chi connectivity index (χ3v) is 3.42. The molecule has 0 aliphatic heterocycles. The molecule has 2 aromatic heterocycles. The maximum atomic E-state index is 9.92. The molecule has 0 aliphatic rings. The number of aromatic nitrogens is 3. The monoisotopic (exact) mass is 288 g/mol. The number of anilines is 1. The predicted octanol–water partition coefficient (Wildman–Crippen LogP) is 2.73. The summed E-state index contributed by atoms with van der Waals surface area (Å²) in [5.41, 5.74) is 8.87. The normalized spacial score (nSPS) is 11.1. The van der Waals surface area contributed by atoms with Crippen molar-refractivity contribution >= 4 is 28.6 Å². The molecule has 0 spiro atoms. The Balaban J connectivity index is 2.09. The number of hydrogen-bond donors (Lipinski definition) is 2. The van der Waals surface area contributed by atoms with E-state index in [-0.39, 0.29) is 11.7 Å². The molecule has 5 nitrogen and oxygen atoms in total. The van der Waals surface area contributed by atoms with Crippen molar-refractivity contribution in [3.05, 3.63) is 46.7 Å². The van der Waals surface area contributed by atoms with Crippen molar-refractivity contribution in [3.8, 4) is 5.75 Å². The Morgan fingerprint density at radius 3 is 2.90 bits per heavy atom. The van der Waals surface area contributed by atoms with E-state index < -0.39 is 0 Å². The van der Waals surface area contributed by atoms with Crippen molar-refractivity contribution in [2.24, 2.45) is 0 Å². The second-order valence-corrected chi connectivity index (χ2v) is 5.04. The lowest BCUT2D eigenvalue weighted by Gasteiger charge is -2.09. The highest BCUT2D eigenvalue weighted by molar-refractivity contribution is 6.33. The highest BCUT2D eigenvalue weighted by Gasteiger charge is 2.11. The van der Waals surface area contributed by atoms with Crippen molar-refractivity contribution in [2.45, 2.75) is 13.5 Å². The van der Waals surface area contributed by atoms with E-state index in [1.54, 1.807) is 6.07 Å². The molecule has 0 atom stereocenters. The van der Waals surface area contributed by atoms with Crippen LogP contribution in [-0.2, 0) is 6.54 Å². The van der Waals surface area contributed by atoms with Crippen LogP contribution in [0.25, 0.3) is 11.0 Å². The van der Waals surface area contributed by atoms with Crippen LogP contribution in [0.2, 0.25) is 5.15 Å². The predicted molar refractivity (Wildman–Crippen MR) is 78.9 cm³/mol. The Morgan fingerprint density at radius 2 is 2.10 bits per heavy atom. The zero-order valence-electron chi connectivity index (χ0n) is 10.8. The van der Waals surface area contributed by atoms with Gasteiger partial charge in [0.25, 0.3) is 0 Å². The summed E-state index contributed by atoms with van der Waals surface area (Å²) in [7, 11) is 0. The van der Waals surface area contributed by atoms with E-state index in [4.69, 9.17) is 17.3 Å². The Morgan fingerprint density at radius 1 is 1.30 bits per heavy atom. The number of aryl methyl sites for hydroxylation is 1. The van der Waals surface area contributed by atoms with E-state index in [1.807, 2.05) is 35.9 Å². The SMILES string of the molecule is Cc1ccc(O)c(Cn2ccc3nc(N)nc(Cl)c32)c1. The van der Waals surface area contributed by atoms with Gasteiger partial charge in [-0.1, -0.05) is 29.3 Å². The fourth-order valence-electron chi connectivity index (χ4n) is 2.23. The number of rotatable bonds is 2. The number of halogens is 1. The summed E-state index contributed by atoms with van der Waals surface area (Å²) in [4.78, 5) is 8.10. The summed E-state index contributed by atoms with van der Waals surface area (Å²) in [5.74, 6) is 0.406. The smallest absolute Gasteiger partial charge is 0.222 e. The van der Waals surface area contributed by atoms with E-state index in [2.05, 4.69) is 9.97 Å². The highest BCUT2D eigenvalue weighted by Crippen LogP contribution is 2.25. The quantitative estimate of drug-likeness (QED) is 0.711. The van der Waals surface area contributed by atoms with Gasteiger partial charge in [0.05, 0.1) is 12.1 Å². The summed E-state index contributed by atoms with van der Waals surface area (Å²) < 4.78 is 1.89. The topological polar surface area (TPSA) is 77.0 Å². The van der Waals surface area contributed by atoms with E-state index in [0.717, 1.165) is 11.1 Å². The zero-order chi connectivity index (χ0) is 14.3. The molecule has 102 valence electrons. The van der Waals surface area contributed by atoms with Crippen molar-refractivity contribution < 1.29 is 5.11 Å². The minimum atomic E-state index is 0.152. The van der Waals surface area contributed by atoms with Gasteiger partial charge < -0.3 is 15.4 Å². The van der Waals surface area contributed by atoms with Crippen molar-refractivity contribution in [1.82, 2.24) is 14.5 Å². The fraction of sp³-hybridized carbons (Fsp3) is 0.143. The standard InChI is InChI=1S/C14H13ClN4O/c1-8-2-3-11(20)9(6-8)7-19-5-4-10-12(19)13(15)18-14(16)17-10/h2-6,20H,7H2,1H3,(H2,16,17,18). The van der Waals surface area contributed by atoms with Crippen LogP contribution < -0.4 is 5.73 Å². The Kier molecular flexibility index (Phi) is 2.99. The number of nitrogens with zero attached hydrogens (tertiary/aromatic N) is 3. The van der Waals surface area contributed by atoms with Gasteiger partial charge in [0.15, 0.2) is 5.15 Å². The molecule has 3 N–H and O–H groups in total. The number of phenols is 1. The Labute approximate surface area is 120 Å². The number of hydrogen-bond acceptors (Lipinski definition) is 4. The average molecular weight is 289 g/mol. The number of phenolic OH excluding ortho intramolecular Hbond substituents is 1. The fourth-order valence-corrected chi connectivity index (χ4v) is 2.53. The molecule has 1 aromatic carbocycles. The molecule has 0 fully saturated rings. The van der Waals surface area contributed by atoms with Gasteiger partial charge in [-0.15, -0.1) is 0 Å². The molecule has 20 heavy (non-hydrogen) atoms. The van der Waals surface area contributed by atoms with E-state index in [9.17, 15) is 5.11 Å². The Bertz CT molecular complexity index is 797. The molecule has 0 radical (unpaired) electrons. The summed E-state index contributed by atoms with van der Waals surface area (Å²) >= 11 is 6.13. The van der Waals surface area contributed by atoms with Crippen LogP contribution in [0.3, 0.4) is 0 Å². The minimum Gasteiger partial charge on any atom is -0.508 e. The first-order valence-electron chi connectivity index (χ1n) is 6.11. The highest BCUT2D eigenvalue weighted by atomic mass is 35.5. The molecule has 3 aromatic rings. The van der Waals surface area contributed by atoms with Crippen molar-refractivity contribution in [2.75, 3.05) is 5.73 Å². The van der Waals surface area contributed by atoms with E-state index in [0.29, 0.717) is 22.7 Å². The average Bonchev–Trinajstić information content (AvgIpc) is 2.77. The lowest BCUT2D eigenvalue weighted by Crippen LogP contribution is -2.01. The van der Waals surface area contributed by atoms with E-state index in [1.165, 1.54) is 0 Å². The lowest BCUT2D eigenvalue weighted by molar-refractivity contribution is 0.466. The molecule has 0 saturated carbocycles.